The Labute approximate surface area is 157 Å². The molecular weight excluding hydrogens is 370 g/mol. The molecule has 0 spiro atoms. The van der Waals surface area contributed by atoms with Gasteiger partial charge >= 0.3 is 0 Å². The van der Waals surface area contributed by atoms with Crippen LogP contribution in [0.1, 0.15) is 19.3 Å². The van der Waals surface area contributed by atoms with Crippen LogP contribution in [0.2, 0.25) is 0 Å². The lowest BCUT2D eigenvalue weighted by molar-refractivity contribution is -0.115. The van der Waals surface area contributed by atoms with Gasteiger partial charge in [-0.1, -0.05) is 18.2 Å². The third kappa shape index (κ3) is 4.78. The van der Waals surface area contributed by atoms with Crippen LogP contribution in [-0.4, -0.2) is 24.3 Å². The molecule has 0 radical (unpaired) electrons. The van der Waals surface area contributed by atoms with E-state index in [-0.39, 0.29) is 24.3 Å². The summed E-state index contributed by atoms with van der Waals surface area (Å²) in [6.45, 7) is -0.136. The molecule has 2 heterocycles. The summed E-state index contributed by atoms with van der Waals surface area (Å²) in [5, 5.41) is 11.7. The van der Waals surface area contributed by atoms with Crippen LogP contribution >= 0.6 is 22.7 Å². The van der Waals surface area contributed by atoms with Gasteiger partial charge in [0.15, 0.2) is 0 Å². The summed E-state index contributed by atoms with van der Waals surface area (Å²) in [4.78, 5) is 37.0. The molecule has 2 aromatic heterocycles. The standard InChI is InChI=1S/C18H15N3O3S2/c22-16(11-19-17(23)14-6-2-8-25-14)20-12-4-1-5-13(10-12)21-18(24)15-7-3-9-26-15/h1-10H,11H2,(H,19,23)(H,20,22)(H,21,24). The van der Waals surface area contributed by atoms with E-state index in [4.69, 9.17) is 0 Å². The lowest BCUT2D eigenvalue weighted by atomic mass is 10.2. The molecule has 6 nitrogen and oxygen atoms in total. The van der Waals surface area contributed by atoms with E-state index >= 15 is 0 Å². The normalized spacial score (nSPS) is 10.2. The predicted molar refractivity (Wildman–Crippen MR) is 104 cm³/mol. The molecule has 0 saturated heterocycles. The van der Waals surface area contributed by atoms with Crippen molar-refractivity contribution in [1.29, 1.82) is 0 Å². The molecule has 0 aliphatic heterocycles. The van der Waals surface area contributed by atoms with Crippen molar-refractivity contribution in [2.24, 2.45) is 0 Å². The van der Waals surface area contributed by atoms with Crippen molar-refractivity contribution >= 4 is 51.8 Å². The van der Waals surface area contributed by atoms with Crippen molar-refractivity contribution in [2.75, 3.05) is 17.2 Å². The maximum absolute atomic E-state index is 12.1. The minimum atomic E-state index is -0.350. The number of anilines is 2. The van der Waals surface area contributed by atoms with E-state index < -0.39 is 0 Å². The Morgan fingerprint density at radius 1 is 0.769 bits per heavy atom. The topological polar surface area (TPSA) is 87.3 Å². The van der Waals surface area contributed by atoms with Gasteiger partial charge in [-0.15, -0.1) is 22.7 Å². The summed E-state index contributed by atoms with van der Waals surface area (Å²) in [6, 6.07) is 13.8. The molecular formula is C18H15N3O3S2. The van der Waals surface area contributed by atoms with Gasteiger partial charge in [-0.3, -0.25) is 14.4 Å². The molecule has 0 atom stereocenters. The maximum Gasteiger partial charge on any atom is 0.265 e. The van der Waals surface area contributed by atoms with Crippen molar-refractivity contribution in [3.63, 3.8) is 0 Å². The molecule has 26 heavy (non-hydrogen) atoms. The predicted octanol–water partition coefficient (Wildman–Crippen LogP) is 3.43. The number of rotatable bonds is 6. The largest absolute Gasteiger partial charge is 0.342 e. The molecule has 3 rings (SSSR count). The molecule has 0 unspecified atom stereocenters. The van der Waals surface area contributed by atoms with Crippen LogP contribution < -0.4 is 16.0 Å². The second-order valence-electron chi connectivity index (χ2n) is 5.22. The van der Waals surface area contributed by atoms with Crippen molar-refractivity contribution < 1.29 is 14.4 Å². The van der Waals surface area contributed by atoms with Gasteiger partial charge < -0.3 is 16.0 Å². The Morgan fingerprint density at radius 3 is 2.00 bits per heavy atom. The molecule has 0 aliphatic carbocycles. The summed E-state index contributed by atoms with van der Waals surface area (Å²) in [6.07, 6.45) is 0. The zero-order chi connectivity index (χ0) is 18.4. The van der Waals surface area contributed by atoms with Crippen LogP contribution in [0.4, 0.5) is 11.4 Å². The minimum absolute atomic E-state index is 0.136. The molecule has 8 heteroatoms. The fourth-order valence-electron chi connectivity index (χ4n) is 2.14. The zero-order valence-electron chi connectivity index (χ0n) is 13.5. The lowest BCUT2D eigenvalue weighted by Crippen LogP contribution is -2.32. The minimum Gasteiger partial charge on any atom is -0.342 e. The molecule has 0 saturated carbocycles. The highest BCUT2D eigenvalue weighted by atomic mass is 32.1. The molecule has 3 amide bonds. The van der Waals surface area contributed by atoms with Gasteiger partial charge in [0.05, 0.1) is 16.3 Å². The van der Waals surface area contributed by atoms with Crippen LogP contribution in [0, 0.1) is 0 Å². The SMILES string of the molecule is O=C(CNC(=O)c1cccs1)Nc1cccc(NC(=O)c2cccs2)c1. The first kappa shape index (κ1) is 17.8. The summed E-state index contributed by atoms with van der Waals surface area (Å²) < 4.78 is 0. The first-order valence-corrected chi connectivity index (χ1v) is 9.44. The number of carbonyl (C=O) groups is 3. The summed E-state index contributed by atoms with van der Waals surface area (Å²) >= 11 is 2.66. The van der Waals surface area contributed by atoms with Gasteiger partial charge in [-0.2, -0.15) is 0 Å². The van der Waals surface area contributed by atoms with Crippen LogP contribution in [0.25, 0.3) is 0 Å². The third-order valence-corrected chi connectivity index (χ3v) is 5.04. The number of nitrogens with one attached hydrogen (secondary N) is 3. The second-order valence-corrected chi connectivity index (χ2v) is 7.12. The number of amides is 3. The Morgan fingerprint density at radius 2 is 1.38 bits per heavy atom. The molecule has 1 aromatic carbocycles. The number of benzene rings is 1. The molecule has 3 aromatic rings. The molecule has 0 aliphatic rings. The van der Waals surface area contributed by atoms with Crippen molar-refractivity contribution in [3.05, 3.63) is 69.0 Å². The van der Waals surface area contributed by atoms with Gasteiger partial charge in [0.2, 0.25) is 5.91 Å². The monoisotopic (exact) mass is 385 g/mol. The Hall–Kier alpha value is -2.97. The summed E-state index contributed by atoms with van der Waals surface area (Å²) in [5.74, 6) is -0.838. The van der Waals surface area contributed by atoms with Gasteiger partial charge in [0.25, 0.3) is 11.8 Å². The fourth-order valence-corrected chi connectivity index (χ4v) is 3.39. The third-order valence-electron chi connectivity index (χ3n) is 3.30. The first-order chi connectivity index (χ1) is 12.6. The van der Waals surface area contributed by atoms with Crippen molar-refractivity contribution in [1.82, 2.24) is 5.32 Å². The molecule has 3 N–H and O–H groups in total. The van der Waals surface area contributed by atoms with E-state index in [0.29, 0.717) is 21.1 Å². The smallest absolute Gasteiger partial charge is 0.265 e. The van der Waals surface area contributed by atoms with E-state index in [1.807, 2.05) is 5.38 Å². The second kappa shape index (κ2) is 8.41. The first-order valence-electron chi connectivity index (χ1n) is 7.68. The molecule has 0 fully saturated rings. The van der Waals surface area contributed by atoms with Crippen molar-refractivity contribution in [3.8, 4) is 0 Å². The van der Waals surface area contributed by atoms with Gasteiger partial charge in [-0.25, -0.2) is 0 Å². The Balaban J connectivity index is 1.53. The van der Waals surface area contributed by atoms with Gasteiger partial charge in [0, 0.05) is 11.4 Å². The highest BCUT2D eigenvalue weighted by Gasteiger charge is 2.10. The van der Waals surface area contributed by atoms with Gasteiger partial charge in [0.1, 0.15) is 0 Å². The van der Waals surface area contributed by atoms with E-state index in [9.17, 15) is 14.4 Å². The highest BCUT2D eigenvalue weighted by molar-refractivity contribution is 7.12. The summed E-state index contributed by atoms with van der Waals surface area (Å²) in [7, 11) is 0. The van der Waals surface area contributed by atoms with Crippen LogP contribution in [0.3, 0.4) is 0 Å². The number of carbonyl (C=O) groups excluding carboxylic acids is 3. The van der Waals surface area contributed by atoms with Gasteiger partial charge in [-0.05, 0) is 41.1 Å². The number of hydrogen-bond acceptors (Lipinski definition) is 5. The van der Waals surface area contributed by atoms with Crippen molar-refractivity contribution in [2.45, 2.75) is 0 Å². The highest BCUT2D eigenvalue weighted by Crippen LogP contribution is 2.17. The van der Waals surface area contributed by atoms with E-state index in [0.717, 1.165) is 0 Å². The summed E-state index contributed by atoms with van der Waals surface area (Å²) in [5.41, 5.74) is 1.10. The van der Waals surface area contributed by atoms with Crippen LogP contribution in [0.5, 0.6) is 0 Å². The molecule has 0 bridgehead atoms. The quantitative estimate of drug-likeness (QED) is 0.607. The lowest BCUT2D eigenvalue weighted by Gasteiger charge is -2.09. The fraction of sp³-hybridized carbons (Fsp3) is 0.0556. The van der Waals surface area contributed by atoms with E-state index in [1.165, 1.54) is 22.7 Å². The average Bonchev–Trinajstić information content (AvgIpc) is 3.33. The average molecular weight is 385 g/mol. The Kier molecular flexibility index (Phi) is 5.77. The zero-order valence-corrected chi connectivity index (χ0v) is 15.2. The molecule has 132 valence electrons. The van der Waals surface area contributed by atoms with E-state index in [1.54, 1.807) is 53.9 Å². The number of thiophene rings is 2. The number of hydrogen-bond donors (Lipinski definition) is 3. The van der Waals surface area contributed by atoms with Crippen LogP contribution in [-0.2, 0) is 4.79 Å². The van der Waals surface area contributed by atoms with E-state index in [2.05, 4.69) is 16.0 Å². The van der Waals surface area contributed by atoms with Crippen LogP contribution in [0.15, 0.2) is 59.3 Å². The maximum atomic E-state index is 12.1. The Bertz CT molecular complexity index is 906.